The summed E-state index contributed by atoms with van der Waals surface area (Å²) in [4.78, 5) is 2.35. The van der Waals surface area contributed by atoms with Crippen molar-refractivity contribution in [3.05, 3.63) is 70.0 Å². The molecule has 6 heteroatoms. The molecule has 1 fully saturated rings. The third-order valence-corrected chi connectivity index (χ3v) is 5.08. The van der Waals surface area contributed by atoms with E-state index in [1.807, 2.05) is 0 Å². The number of likely N-dealkylation sites (tertiary alicyclic amines) is 1. The fraction of sp³-hybridized carbons (Fsp3) is 0.263. The van der Waals surface area contributed by atoms with Gasteiger partial charge in [0.1, 0.15) is 0 Å². The molecule has 0 amide bonds. The van der Waals surface area contributed by atoms with Crippen molar-refractivity contribution in [1.82, 2.24) is 15.1 Å². The first-order valence-electron chi connectivity index (χ1n) is 8.24. The smallest absolute Gasteiger partial charge is 0.249 e. The van der Waals surface area contributed by atoms with E-state index in [9.17, 15) is 0 Å². The van der Waals surface area contributed by atoms with E-state index in [4.69, 9.17) is 27.6 Å². The SMILES string of the molecule is Clc1ccc(-c2nnc(CN3CCC(c4ccccc4)C3)o2)c(Cl)c1. The van der Waals surface area contributed by atoms with Crippen molar-refractivity contribution in [2.24, 2.45) is 0 Å². The highest BCUT2D eigenvalue weighted by Crippen LogP contribution is 2.31. The van der Waals surface area contributed by atoms with Gasteiger partial charge in [-0.05, 0) is 42.6 Å². The second kappa shape index (κ2) is 7.16. The van der Waals surface area contributed by atoms with Gasteiger partial charge in [-0.15, -0.1) is 10.2 Å². The van der Waals surface area contributed by atoms with Crippen LogP contribution in [-0.2, 0) is 6.54 Å². The predicted octanol–water partition coefficient (Wildman–Crippen LogP) is 5.03. The van der Waals surface area contributed by atoms with Crippen molar-refractivity contribution >= 4 is 23.2 Å². The Morgan fingerprint density at radius 3 is 2.72 bits per heavy atom. The average Bonchev–Trinajstić information content (AvgIpc) is 3.26. The lowest BCUT2D eigenvalue weighted by Gasteiger charge is -2.13. The number of benzene rings is 2. The molecule has 2 heterocycles. The van der Waals surface area contributed by atoms with Gasteiger partial charge >= 0.3 is 0 Å². The first-order valence-corrected chi connectivity index (χ1v) is 9.00. The van der Waals surface area contributed by atoms with Crippen LogP contribution in [0.5, 0.6) is 0 Å². The van der Waals surface area contributed by atoms with Crippen molar-refractivity contribution in [3.63, 3.8) is 0 Å². The number of hydrogen-bond acceptors (Lipinski definition) is 4. The monoisotopic (exact) mass is 373 g/mol. The lowest BCUT2D eigenvalue weighted by molar-refractivity contribution is 0.289. The van der Waals surface area contributed by atoms with Crippen molar-refractivity contribution < 1.29 is 4.42 Å². The number of hydrogen-bond donors (Lipinski definition) is 0. The maximum atomic E-state index is 6.21. The van der Waals surface area contributed by atoms with E-state index in [0.717, 1.165) is 19.5 Å². The molecule has 0 bridgehead atoms. The Bertz CT molecular complexity index is 866. The average molecular weight is 374 g/mol. The van der Waals surface area contributed by atoms with Crippen LogP contribution in [0, 0.1) is 0 Å². The number of nitrogens with zero attached hydrogens (tertiary/aromatic N) is 3. The van der Waals surface area contributed by atoms with E-state index in [0.29, 0.717) is 39.9 Å². The minimum atomic E-state index is 0.426. The minimum absolute atomic E-state index is 0.426. The van der Waals surface area contributed by atoms with Crippen LogP contribution in [0.15, 0.2) is 52.9 Å². The molecular weight excluding hydrogens is 357 g/mol. The molecule has 1 atom stereocenters. The fourth-order valence-corrected chi connectivity index (χ4v) is 3.74. The number of rotatable bonds is 4. The van der Waals surface area contributed by atoms with Gasteiger partial charge in [0.15, 0.2) is 0 Å². The first kappa shape index (κ1) is 16.6. The minimum Gasteiger partial charge on any atom is -0.419 e. The Labute approximate surface area is 156 Å². The van der Waals surface area contributed by atoms with Gasteiger partial charge in [0.2, 0.25) is 11.8 Å². The van der Waals surface area contributed by atoms with Gasteiger partial charge in [0.05, 0.1) is 17.1 Å². The highest BCUT2D eigenvalue weighted by molar-refractivity contribution is 6.36. The molecule has 0 radical (unpaired) electrons. The molecule has 3 aromatic rings. The van der Waals surface area contributed by atoms with Gasteiger partial charge in [-0.2, -0.15) is 0 Å². The third-order valence-electron chi connectivity index (χ3n) is 4.53. The Balaban J connectivity index is 1.43. The molecule has 1 aliphatic heterocycles. The molecule has 4 rings (SSSR count). The molecule has 2 aromatic carbocycles. The summed E-state index contributed by atoms with van der Waals surface area (Å²) in [5.41, 5.74) is 2.09. The largest absolute Gasteiger partial charge is 0.419 e. The van der Waals surface area contributed by atoms with E-state index < -0.39 is 0 Å². The topological polar surface area (TPSA) is 42.2 Å². The van der Waals surface area contributed by atoms with Crippen LogP contribution in [0.2, 0.25) is 10.0 Å². The maximum Gasteiger partial charge on any atom is 0.249 e. The third kappa shape index (κ3) is 3.71. The summed E-state index contributed by atoms with van der Waals surface area (Å²) >= 11 is 12.1. The van der Waals surface area contributed by atoms with Crippen LogP contribution in [-0.4, -0.2) is 28.2 Å². The summed E-state index contributed by atoms with van der Waals surface area (Å²) in [6.07, 6.45) is 1.15. The summed E-state index contributed by atoms with van der Waals surface area (Å²) in [6.45, 7) is 2.68. The normalized spacial score (nSPS) is 17.9. The van der Waals surface area contributed by atoms with E-state index >= 15 is 0 Å². The van der Waals surface area contributed by atoms with Crippen LogP contribution < -0.4 is 0 Å². The lowest BCUT2D eigenvalue weighted by Crippen LogP contribution is -2.19. The summed E-state index contributed by atoms with van der Waals surface area (Å²) in [5.74, 6) is 1.60. The van der Waals surface area contributed by atoms with Crippen LogP contribution in [0.1, 0.15) is 23.8 Å². The second-order valence-corrected chi connectivity index (χ2v) is 7.10. The molecule has 1 aliphatic rings. The van der Waals surface area contributed by atoms with E-state index in [1.165, 1.54) is 5.56 Å². The molecule has 128 valence electrons. The molecule has 0 spiro atoms. The Hall–Kier alpha value is -1.88. The standard InChI is InChI=1S/C19H17Cl2N3O/c20-15-6-7-16(17(21)10-15)19-23-22-18(25-19)12-24-9-8-14(11-24)13-4-2-1-3-5-13/h1-7,10,14H,8-9,11-12H2. The Kier molecular flexibility index (Phi) is 4.75. The quantitative estimate of drug-likeness (QED) is 0.642. The van der Waals surface area contributed by atoms with Crippen molar-refractivity contribution in [3.8, 4) is 11.5 Å². The van der Waals surface area contributed by atoms with Crippen LogP contribution in [0.25, 0.3) is 11.5 Å². The molecule has 0 saturated carbocycles. The van der Waals surface area contributed by atoms with Gasteiger partial charge in [0, 0.05) is 11.6 Å². The molecule has 25 heavy (non-hydrogen) atoms. The van der Waals surface area contributed by atoms with Gasteiger partial charge in [0.25, 0.3) is 0 Å². The second-order valence-electron chi connectivity index (χ2n) is 6.26. The van der Waals surface area contributed by atoms with Crippen LogP contribution >= 0.6 is 23.2 Å². The lowest BCUT2D eigenvalue weighted by atomic mass is 9.99. The van der Waals surface area contributed by atoms with Crippen molar-refractivity contribution in [2.75, 3.05) is 13.1 Å². The molecule has 0 aliphatic carbocycles. The summed E-state index contributed by atoms with van der Waals surface area (Å²) in [6, 6.07) is 15.9. The molecule has 4 nitrogen and oxygen atoms in total. The zero-order valence-electron chi connectivity index (χ0n) is 13.5. The zero-order valence-corrected chi connectivity index (χ0v) is 15.0. The van der Waals surface area contributed by atoms with Crippen LogP contribution in [0.3, 0.4) is 0 Å². The summed E-state index contributed by atoms with van der Waals surface area (Å²) in [7, 11) is 0. The summed E-state index contributed by atoms with van der Waals surface area (Å²) < 4.78 is 5.80. The highest BCUT2D eigenvalue weighted by Gasteiger charge is 2.25. The van der Waals surface area contributed by atoms with Crippen molar-refractivity contribution in [2.45, 2.75) is 18.9 Å². The number of halogens is 2. The van der Waals surface area contributed by atoms with E-state index in [1.54, 1.807) is 18.2 Å². The molecular formula is C19H17Cl2N3O. The molecule has 1 aromatic heterocycles. The fourth-order valence-electron chi connectivity index (χ4n) is 3.25. The molecule has 1 saturated heterocycles. The Morgan fingerprint density at radius 1 is 1.08 bits per heavy atom. The zero-order chi connectivity index (χ0) is 17.2. The maximum absolute atomic E-state index is 6.21. The van der Waals surface area contributed by atoms with Crippen LogP contribution in [0.4, 0.5) is 0 Å². The molecule has 1 unspecified atom stereocenters. The predicted molar refractivity (Wildman–Crippen MR) is 98.8 cm³/mol. The van der Waals surface area contributed by atoms with Gasteiger partial charge in [-0.25, -0.2) is 0 Å². The van der Waals surface area contributed by atoms with E-state index in [2.05, 4.69) is 45.4 Å². The van der Waals surface area contributed by atoms with Gasteiger partial charge < -0.3 is 4.42 Å². The first-order chi connectivity index (χ1) is 12.2. The highest BCUT2D eigenvalue weighted by atomic mass is 35.5. The van der Waals surface area contributed by atoms with Gasteiger partial charge in [-0.3, -0.25) is 4.90 Å². The summed E-state index contributed by atoms with van der Waals surface area (Å²) in [5, 5.41) is 9.38. The number of aromatic nitrogens is 2. The molecule has 0 N–H and O–H groups in total. The Morgan fingerprint density at radius 2 is 1.92 bits per heavy atom. The van der Waals surface area contributed by atoms with Gasteiger partial charge in [-0.1, -0.05) is 53.5 Å². The van der Waals surface area contributed by atoms with Crippen molar-refractivity contribution in [1.29, 1.82) is 0 Å². The van der Waals surface area contributed by atoms with E-state index in [-0.39, 0.29) is 0 Å².